The minimum Gasteiger partial charge on any atom is -0.456 e. The molecule has 0 aliphatic carbocycles. The third-order valence-corrected chi connectivity index (χ3v) is 3.61. The van der Waals surface area contributed by atoms with Crippen LogP contribution in [0.25, 0.3) is 11.1 Å². The van der Waals surface area contributed by atoms with Gasteiger partial charge in [-0.05, 0) is 24.3 Å². The second-order valence-corrected chi connectivity index (χ2v) is 5.88. The van der Waals surface area contributed by atoms with Crippen molar-refractivity contribution >= 4 is 28.7 Å². The molecule has 0 fully saturated rings. The van der Waals surface area contributed by atoms with Gasteiger partial charge in [-0.2, -0.15) is 4.98 Å². The smallest absolute Gasteiger partial charge is 0.398 e. The lowest BCUT2D eigenvalue weighted by Crippen LogP contribution is -2.48. The molecule has 0 radical (unpaired) electrons. The Balaban J connectivity index is 1.90. The lowest BCUT2D eigenvalue weighted by Gasteiger charge is -2.26. The van der Waals surface area contributed by atoms with Crippen molar-refractivity contribution in [3.05, 3.63) is 66.2 Å². The number of rotatable bonds is 7. The molecule has 1 unspecified atom stereocenters. The summed E-state index contributed by atoms with van der Waals surface area (Å²) in [5.74, 6) is -2.14. The van der Waals surface area contributed by atoms with Crippen LogP contribution in [0.4, 0.5) is 0 Å². The van der Waals surface area contributed by atoms with E-state index in [1.54, 1.807) is 42.5 Å². The zero-order chi connectivity index (χ0) is 18.6. The minimum atomic E-state index is -1.81. The number of fused-ring (bicyclic) bond motifs is 1. The Morgan fingerprint density at radius 2 is 2.04 bits per heavy atom. The molecule has 0 bridgehead atoms. The number of aromatic nitrogens is 1. The molecule has 0 aliphatic rings. The van der Waals surface area contributed by atoms with Crippen molar-refractivity contribution in [1.82, 2.24) is 4.98 Å². The van der Waals surface area contributed by atoms with Gasteiger partial charge in [0.1, 0.15) is 17.9 Å². The second-order valence-electron chi connectivity index (χ2n) is 5.44. The highest BCUT2D eigenvalue weighted by Gasteiger charge is 2.42. The largest absolute Gasteiger partial charge is 0.456 e. The van der Waals surface area contributed by atoms with Gasteiger partial charge in [-0.25, -0.2) is 4.79 Å². The van der Waals surface area contributed by atoms with E-state index in [1.165, 1.54) is 13.0 Å². The van der Waals surface area contributed by atoms with Gasteiger partial charge >= 0.3 is 17.8 Å². The van der Waals surface area contributed by atoms with E-state index in [0.29, 0.717) is 21.9 Å². The maximum absolute atomic E-state index is 12.5. The molecule has 1 heterocycles. The van der Waals surface area contributed by atoms with E-state index >= 15 is 0 Å². The second kappa shape index (κ2) is 7.49. The highest BCUT2D eigenvalue weighted by Crippen LogP contribution is 2.28. The summed E-state index contributed by atoms with van der Waals surface area (Å²) in [6, 6.07) is 13.7. The van der Waals surface area contributed by atoms with E-state index in [9.17, 15) is 4.79 Å². The lowest BCUT2D eigenvalue weighted by molar-refractivity contribution is -0.189. The van der Waals surface area contributed by atoms with Crippen LogP contribution < -0.4 is 9.47 Å². The highest BCUT2D eigenvalue weighted by molar-refractivity contribution is 6.31. The number of carbonyl (C=O) groups excluding carboxylic acids is 1. The number of carbonyl (C=O) groups is 1. The number of benzene rings is 2. The normalized spacial score (nSPS) is 13.0. The molecular formula is C19H16ClNO5. The van der Waals surface area contributed by atoms with E-state index in [0.717, 1.165) is 0 Å². The summed E-state index contributed by atoms with van der Waals surface area (Å²) >= 11 is 5.94. The van der Waals surface area contributed by atoms with Crippen LogP contribution in [0.3, 0.4) is 0 Å². The van der Waals surface area contributed by atoms with Crippen molar-refractivity contribution in [1.29, 1.82) is 0 Å². The van der Waals surface area contributed by atoms with Gasteiger partial charge in [-0.3, -0.25) is 0 Å². The van der Waals surface area contributed by atoms with E-state index in [2.05, 4.69) is 11.6 Å². The molecular weight excluding hydrogens is 358 g/mol. The summed E-state index contributed by atoms with van der Waals surface area (Å²) in [6.07, 6.45) is 1.30. The summed E-state index contributed by atoms with van der Waals surface area (Å²) in [4.78, 5) is 16.7. The van der Waals surface area contributed by atoms with E-state index in [1.807, 2.05) is 6.07 Å². The van der Waals surface area contributed by atoms with Gasteiger partial charge in [-0.15, -0.1) is 0 Å². The number of para-hydroxylation sites is 1. The van der Waals surface area contributed by atoms with E-state index < -0.39 is 11.8 Å². The van der Waals surface area contributed by atoms with Crippen molar-refractivity contribution in [3.63, 3.8) is 0 Å². The molecule has 0 saturated carbocycles. The van der Waals surface area contributed by atoms with Crippen LogP contribution in [-0.2, 0) is 9.53 Å². The van der Waals surface area contributed by atoms with E-state index in [4.69, 9.17) is 30.2 Å². The van der Waals surface area contributed by atoms with Crippen LogP contribution in [0.5, 0.6) is 11.8 Å². The molecule has 7 heteroatoms. The maximum atomic E-state index is 12.5. The Morgan fingerprint density at radius 1 is 1.27 bits per heavy atom. The fourth-order valence-electron chi connectivity index (χ4n) is 2.17. The van der Waals surface area contributed by atoms with Crippen molar-refractivity contribution in [2.75, 3.05) is 6.61 Å². The number of esters is 1. The number of hydrogen-bond acceptors (Lipinski definition) is 6. The van der Waals surface area contributed by atoms with Gasteiger partial charge in [0.15, 0.2) is 5.58 Å². The zero-order valence-electron chi connectivity index (χ0n) is 14.0. The van der Waals surface area contributed by atoms with Crippen LogP contribution in [0.2, 0.25) is 5.02 Å². The molecule has 0 amide bonds. The van der Waals surface area contributed by atoms with Gasteiger partial charge in [-0.1, -0.05) is 42.5 Å². The predicted octanol–water partition coefficient (Wildman–Crippen LogP) is 4.38. The first-order valence-corrected chi connectivity index (χ1v) is 8.15. The van der Waals surface area contributed by atoms with Crippen molar-refractivity contribution in [2.24, 2.45) is 0 Å². The summed E-state index contributed by atoms with van der Waals surface area (Å²) in [5.41, 5.74) is 0.958. The van der Waals surface area contributed by atoms with Gasteiger partial charge in [0, 0.05) is 18.0 Å². The molecule has 1 aromatic heterocycles. The van der Waals surface area contributed by atoms with Crippen molar-refractivity contribution in [3.8, 4) is 11.8 Å². The van der Waals surface area contributed by atoms with Gasteiger partial charge in [0.05, 0.1) is 0 Å². The molecule has 3 rings (SSSR count). The molecule has 0 spiro atoms. The third kappa shape index (κ3) is 3.97. The van der Waals surface area contributed by atoms with E-state index in [-0.39, 0.29) is 12.7 Å². The molecule has 134 valence electrons. The van der Waals surface area contributed by atoms with Crippen LogP contribution in [-0.4, -0.2) is 23.3 Å². The standard InChI is InChI=1S/C19H16ClNO5/c1-3-11-23-17(22)19(2,25-14-7-5-4-6-8-14)26-18-21-15-10-9-13(20)12-16(15)24-18/h3-10,12H,1,11H2,2H3. The Morgan fingerprint density at radius 3 is 2.77 bits per heavy atom. The average molecular weight is 374 g/mol. The quantitative estimate of drug-likeness (QED) is 0.347. The third-order valence-electron chi connectivity index (χ3n) is 3.37. The molecule has 0 aliphatic heterocycles. The number of oxazole rings is 1. The van der Waals surface area contributed by atoms with Crippen molar-refractivity contribution < 1.29 is 23.4 Å². The first-order chi connectivity index (χ1) is 12.5. The Labute approximate surface area is 154 Å². The zero-order valence-corrected chi connectivity index (χ0v) is 14.7. The molecule has 2 aromatic carbocycles. The monoisotopic (exact) mass is 373 g/mol. The molecule has 1 atom stereocenters. The first-order valence-electron chi connectivity index (χ1n) is 7.77. The lowest BCUT2D eigenvalue weighted by atomic mass is 10.3. The fourth-order valence-corrected chi connectivity index (χ4v) is 2.33. The molecule has 0 N–H and O–H groups in total. The number of nitrogens with zero attached hydrogens (tertiary/aromatic N) is 1. The van der Waals surface area contributed by atoms with Crippen LogP contribution in [0, 0.1) is 0 Å². The summed E-state index contributed by atoms with van der Waals surface area (Å²) < 4.78 is 22.0. The van der Waals surface area contributed by atoms with Crippen LogP contribution in [0.15, 0.2) is 65.6 Å². The minimum absolute atomic E-state index is 0.0130. The Bertz CT molecular complexity index is 924. The summed E-state index contributed by atoms with van der Waals surface area (Å²) in [5, 5.41) is 0.494. The maximum Gasteiger partial charge on any atom is 0.398 e. The summed E-state index contributed by atoms with van der Waals surface area (Å²) in [7, 11) is 0. The Hall–Kier alpha value is -2.99. The summed E-state index contributed by atoms with van der Waals surface area (Å²) in [6.45, 7) is 4.95. The number of halogens is 1. The predicted molar refractivity (Wildman–Crippen MR) is 96.3 cm³/mol. The first kappa shape index (κ1) is 17.8. The fraction of sp³-hybridized carbons (Fsp3) is 0.158. The number of hydrogen-bond donors (Lipinski definition) is 0. The van der Waals surface area contributed by atoms with Gasteiger partial charge < -0.3 is 18.6 Å². The topological polar surface area (TPSA) is 70.8 Å². The number of ether oxygens (including phenoxy) is 3. The van der Waals surface area contributed by atoms with Crippen LogP contribution >= 0.6 is 11.6 Å². The molecule has 26 heavy (non-hydrogen) atoms. The Kier molecular flexibility index (Phi) is 5.14. The molecule has 0 saturated heterocycles. The van der Waals surface area contributed by atoms with Crippen molar-refractivity contribution in [2.45, 2.75) is 12.7 Å². The molecule has 6 nitrogen and oxygen atoms in total. The highest BCUT2D eigenvalue weighted by atomic mass is 35.5. The molecule has 3 aromatic rings. The van der Waals surface area contributed by atoms with Gasteiger partial charge in [0.25, 0.3) is 0 Å². The van der Waals surface area contributed by atoms with Crippen LogP contribution in [0.1, 0.15) is 6.92 Å². The van der Waals surface area contributed by atoms with Gasteiger partial charge in [0.2, 0.25) is 0 Å². The SMILES string of the molecule is C=CCOC(=O)C(C)(Oc1ccccc1)Oc1nc2ccc(Cl)cc2o1. The average Bonchev–Trinajstić information content (AvgIpc) is 3.01.